The molecule has 188 valence electrons. The van der Waals surface area contributed by atoms with E-state index in [1.807, 2.05) is 30.3 Å². The fraction of sp³-hybridized carbons (Fsp3) is 0.481. The minimum absolute atomic E-state index is 0. The van der Waals surface area contributed by atoms with Gasteiger partial charge in [-0.3, -0.25) is 14.6 Å². The minimum Gasteiger partial charge on any atom is -0.444 e. The molecule has 0 spiro atoms. The van der Waals surface area contributed by atoms with Crippen molar-refractivity contribution in [3.05, 3.63) is 58.6 Å². The fourth-order valence-corrected chi connectivity index (χ4v) is 5.77. The number of carbonyl (C=O) groups is 2. The summed E-state index contributed by atoms with van der Waals surface area (Å²) in [6.45, 7) is 2.12. The first-order valence-corrected chi connectivity index (χ1v) is 12.8. The Hall–Kier alpha value is -2.28. The monoisotopic (exact) mass is 517 g/mol. The van der Waals surface area contributed by atoms with Gasteiger partial charge in [-0.25, -0.2) is 4.79 Å². The summed E-state index contributed by atoms with van der Waals surface area (Å²) in [5.74, 6) is 0.669. The number of nitrogens with zero attached hydrogens (tertiary/aromatic N) is 2. The predicted molar refractivity (Wildman–Crippen MR) is 142 cm³/mol. The molecule has 0 atom stereocenters. The molecule has 0 unspecified atom stereocenters. The maximum absolute atomic E-state index is 12.6. The fourth-order valence-electron chi connectivity index (χ4n) is 5.57. The topological polar surface area (TPSA) is 61.9 Å². The number of hydrogen-bond donors (Lipinski definition) is 1. The van der Waals surface area contributed by atoms with Crippen molar-refractivity contribution < 1.29 is 14.3 Å². The Morgan fingerprint density at radius 3 is 2.43 bits per heavy atom. The molecule has 2 aromatic rings. The van der Waals surface area contributed by atoms with Gasteiger partial charge in [0.15, 0.2) is 0 Å². The number of piperidine rings is 1. The highest BCUT2D eigenvalue weighted by Crippen LogP contribution is 2.34. The molecule has 1 aliphatic carbocycles. The number of ether oxygens (including phenoxy) is 1. The van der Waals surface area contributed by atoms with Crippen LogP contribution in [0.4, 0.5) is 16.2 Å². The number of cyclic esters (lactones) is 1. The molecule has 2 aromatic carbocycles. The summed E-state index contributed by atoms with van der Waals surface area (Å²) in [6, 6.07) is 14.0. The third kappa shape index (κ3) is 6.11. The number of likely N-dealkylation sites (tertiary alicyclic amines) is 1. The van der Waals surface area contributed by atoms with Crippen LogP contribution in [0.3, 0.4) is 0 Å². The predicted octanol–water partition coefficient (Wildman–Crippen LogP) is 6.37. The zero-order valence-electron chi connectivity index (χ0n) is 19.9. The van der Waals surface area contributed by atoms with Gasteiger partial charge in [-0.1, -0.05) is 43.0 Å². The van der Waals surface area contributed by atoms with Crippen molar-refractivity contribution in [2.75, 3.05) is 29.9 Å². The van der Waals surface area contributed by atoms with E-state index >= 15 is 0 Å². The van der Waals surface area contributed by atoms with E-state index in [-0.39, 0.29) is 37.1 Å². The number of fused-ring (bicyclic) bond motifs is 1. The van der Waals surface area contributed by atoms with Gasteiger partial charge in [-0.2, -0.15) is 0 Å². The lowest BCUT2D eigenvalue weighted by Gasteiger charge is -2.40. The van der Waals surface area contributed by atoms with Crippen LogP contribution in [0.1, 0.15) is 62.0 Å². The zero-order valence-corrected chi connectivity index (χ0v) is 21.5. The van der Waals surface area contributed by atoms with E-state index < -0.39 is 0 Å². The largest absolute Gasteiger partial charge is 0.444 e. The van der Waals surface area contributed by atoms with Crippen molar-refractivity contribution in [1.29, 1.82) is 0 Å². The van der Waals surface area contributed by atoms with Crippen LogP contribution in [0.25, 0.3) is 0 Å². The Morgan fingerprint density at radius 2 is 1.71 bits per heavy atom. The second-order valence-electron chi connectivity index (χ2n) is 9.71. The third-order valence-electron chi connectivity index (χ3n) is 7.41. The van der Waals surface area contributed by atoms with Gasteiger partial charge in [-0.15, -0.1) is 12.4 Å². The van der Waals surface area contributed by atoms with Crippen LogP contribution in [0, 0.1) is 0 Å². The molecule has 35 heavy (non-hydrogen) atoms. The Morgan fingerprint density at radius 1 is 1.00 bits per heavy atom. The lowest BCUT2D eigenvalue weighted by Crippen LogP contribution is -2.50. The lowest BCUT2D eigenvalue weighted by molar-refractivity contribution is -0.117. The number of nitrogens with one attached hydrogen (secondary N) is 1. The normalized spacial score (nSPS) is 19.5. The molecule has 2 heterocycles. The number of rotatable bonds is 5. The van der Waals surface area contributed by atoms with E-state index in [1.54, 1.807) is 4.90 Å². The molecule has 1 saturated heterocycles. The summed E-state index contributed by atoms with van der Waals surface area (Å²) in [5.41, 5.74) is 4.06. The van der Waals surface area contributed by atoms with Crippen molar-refractivity contribution >= 4 is 47.4 Å². The van der Waals surface area contributed by atoms with Crippen molar-refractivity contribution in [2.45, 2.75) is 63.5 Å². The molecule has 6 nitrogen and oxygen atoms in total. The number of hydrogen-bond acceptors (Lipinski definition) is 4. The molecular weight excluding hydrogens is 485 g/mol. The van der Waals surface area contributed by atoms with Crippen LogP contribution in [-0.4, -0.2) is 42.6 Å². The molecule has 1 saturated carbocycles. The zero-order chi connectivity index (χ0) is 23.5. The van der Waals surface area contributed by atoms with E-state index in [1.165, 1.54) is 37.7 Å². The average Bonchev–Trinajstić information content (AvgIpc) is 2.86. The third-order valence-corrected chi connectivity index (χ3v) is 7.64. The highest BCUT2D eigenvalue weighted by Gasteiger charge is 2.34. The molecule has 2 amide bonds. The van der Waals surface area contributed by atoms with Gasteiger partial charge in [0, 0.05) is 35.4 Å². The van der Waals surface area contributed by atoms with Crippen LogP contribution in [0.5, 0.6) is 0 Å². The first-order chi connectivity index (χ1) is 16.6. The van der Waals surface area contributed by atoms with Crippen molar-refractivity contribution in [3.63, 3.8) is 0 Å². The van der Waals surface area contributed by atoms with Gasteiger partial charge >= 0.3 is 6.09 Å². The average molecular weight is 518 g/mol. The summed E-state index contributed by atoms with van der Waals surface area (Å²) in [7, 11) is 0. The Labute approximate surface area is 218 Å². The molecule has 5 rings (SSSR count). The molecule has 2 fully saturated rings. The van der Waals surface area contributed by atoms with E-state index in [0.29, 0.717) is 17.5 Å². The van der Waals surface area contributed by atoms with Gasteiger partial charge in [-0.05, 0) is 67.5 Å². The number of anilines is 2. The molecule has 1 N–H and O–H groups in total. The van der Waals surface area contributed by atoms with Crippen LogP contribution >= 0.6 is 24.0 Å². The number of benzene rings is 2. The summed E-state index contributed by atoms with van der Waals surface area (Å²) in [5, 5.41) is 3.68. The Bertz CT molecular complexity index is 1030. The highest BCUT2D eigenvalue weighted by molar-refractivity contribution is 6.30. The van der Waals surface area contributed by atoms with Crippen LogP contribution in [0.15, 0.2) is 42.5 Å². The van der Waals surface area contributed by atoms with Gasteiger partial charge in [0.2, 0.25) is 5.91 Å². The quantitative estimate of drug-likeness (QED) is 0.500. The van der Waals surface area contributed by atoms with Crippen LogP contribution in [-0.2, 0) is 16.1 Å². The standard InChI is InChI=1S/C27H32ClN3O3.ClH/c28-22-8-11-25-21(16-22)18-34-27(33)31(25)24-12-14-30(15-13-24)17-26(32)29-23-9-6-20(7-10-23)19-4-2-1-3-5-19;/h6-11,16,19,24H,1-5,12-15,17-18H2,(H,29,32);1H. The van der Waals surface area contributed by atoms with E-state index in [0.717, 1.165) is 42.9 Å². The van der Waals surface area contributed by atoms with Crippen molar-refractivity contribution in [1.82, 2.24) is 4.90 Å². The van der Waals surface area contributed by atoms with E-state index in [4.69, 9.17) is 16.3 Å². The Kier molecular flexibility index (Phi) is 8.58. The van der Waals surface area contributed by atoms with Crippen molar-refractivity contribution in [3.8, 4) is 0 Å². The number of carbonyl (C=O) groups excluding carboxylic acids is 2. The maximum Gasteiger partial charge on any atom is 0.414 e. The number of amides is 2. The molecular formula is C27H33Cl2N3O3. The maximum atomic E-state index is 12.6. The molecule has 3 aliphatic rings. The van der Waals surface area contributed by atoms with Gasteiger partial charge < -0.3 is 10.1 Å². The van der Waals surface area contributed by atoms with Gasteiger partial charge in [0.05, 0.1) is 12.2 Å². The highest BCUT2D eigenvalue weighted by atomic mass is 35.5. The van der Waals surface area contributed by atoms with Crippen LogP contribution in [0.2, 0.25) is 5.02 Å². The van der Waals surface area contributed by atoms with Gasteiger partial charge in [0.1, 0.15) is 6.61 Å². The SMILES string of the molecule is Cl.O=C(CN1CCC(N2C(=O)OCc3cc(Cl)ccc32)CC1)Nc1ccc(C2CCCCC2)cc1. The number of halogens is 2. The smallest absolute Gasteiger partial charge is 0.414 e. The minimum atomic E-state index is -0.303. The van der Waals surface area contributed by atoms with E-state index in [2.05, 4.69) is 22.3 Å². The van der Waals surface area contributed by atoms with E-state index in [9.17, 15) is 9.59 Å². The first-order valence-electron chi connectivity index (χ1n) is 12.4. The molecule has 2 aliphatic heterocycles. The van der Waals surface area contributed by atoms with Crippen LogP contribution < -0.4 is 10.2 Å². The molecule has 0 radical (unpaired) electrons. The molecule has 8 heteroatoms. The summed E-state index contributed by atoms with van der Waals surface area (Å²) in [4.78, 5) is 29.1. The molecule has 0 bridgehead atoms. The second-order valence-corrected chi connectivity index (χ2v) is 10.1. The lowest BCUT2D eigenvalue weighted by atomic mass is 9.84. The van der Waals surface area contributed by atoms with Crippen molar-refractivity contribution in [2.24, 2.45) is 0 Å². The summed E-state index contributed by atoms with van der Waals surface area (Å²) < 4.78 is 5.38. The molecule has 0 aromatic heterocycles. The Balaban J connectivity index is 0.00000289. The summed E-state index contributed by atoms with van der Waals surface area (Å²) in [6.07, 6.45) is 7.82. The van der Waals surface area contributed by atoms with Gasteiger partial charge in [0.25, 0.3) is 0 Å². The summed E-state index contributed by atoms with van der Waals surface area (Å²) >= 11 is 6.11. The second kappa shape index (κ2) is 11.6. The first kappa shape index (κ1) is 25.8.